The summed E-state index contributed by atoms with van der Waals surface area (Å²) in [7, 11) is 1.78. The molecule has 126 valence electrons. The molecule has 2 aromatic rings. The minimum absolute atomic E-state index is 0.00342. The second-order valence-electron chi connectivity index (χ2n) is 5.76. The molecule has 0 bridgehead atoms. The summed E-state index contributed by atoms with van der Waals surface area (Å²) in [5.41, 5.74) is 2.75. The number of halogens is 1. The van der Waals surface area contributed by atoms with Gasteiger partial charge in [0.1, 0.15) is 5.15 Å². The molecule has 1 aliphatic rings. The van der Waals surface area contributed by atoms with Crippen LogP contribution in [0.2, 0.25) is 5.15 Å². The van der Waals surface area contributed by atoms with Crippen molar-refractivity contribution in [1.29, 1.82) is 0 Å². The molecule has 6 nitrogen and oxygen atoms in total. The van der Waals surface area contributed by atoms with Gasteiger partial charge in [-0.25, -0.2) is 0 Å². The van der Waals surface area contributed by atoms with Crippen molar-refractivity contribution in [1.82, 2.24) is 19.7 Å². The summed E-state index contributed by atoms with van der Waals surface area (Å²) in [5.74, 6) is 0.00342. The Labute approximate surface area is 146 Å². The Hall–Kier alpha value is -2.34. The molecular weight excluding hydrogens is 326 g/mol. The molecule has 2 aromatic heterocycles. The standard InChI is InChI=1S/C17H20ClN5O/c1-13-15(17(18)21(2)20-13)3-4-16(24)23-11-9-22(10-12-23)14-5-7-19-8-6-14/h3-8H,9-12H2,1-2H3/b4-3+. The van der Waals surface area contributed by atoms with Crippen LogP contribution in [0.15, 0.2) is 30.6 Å². The van der Waals surface area contributed by atoms with E-state index in [0.29, 0.717) is 18.2 Å². The van der Waals surface area contributed by atoms with E-state index < -0.39 is 0 Å². The number of anilines is 1. The molecule has 1 saturated heterocycles. The first-order chi connectivity index (χ1) is 11.6. The van der Waals surface area contributed by atoms with Gasteiger partial charge in [-0.05, 0) is 25.1 Å². The van der Waals surface area contributed by atoms with Crippen LogP contribution in [-0.2, 0) is 11.8 Å². The lowest BCUT2D eigenvalue weighted by atomic mass is 10.2. The molecule has 0 atom stereocenters. The van der Waals surface area contributed by atoms with Gasteiger partial charge in [-0.2, -0.15) is 5.10 Å². The van der Waals surface area contributed by atoms with Gasteiger partial charge >= 0.3 is 0 Å². The van der Waals surface area contributed by atoms with E-state index in [9.17, 15) is 4.79 Å². The van der Waals surface area contributed by atoms with E-state index >= 15 is 0 Å². The van der Waals surface area contributed by atoms with Crippen LogP contribution < -0.4 is 4.90 Å². The average molecular weight is 346 g/mol. The molecule has 3 rings (SSSR count). The van der Waals surface area contributed by atoms with Crippen molar-refractivity contribution in [2.75, 3.05) is 31.1 Å². The number of hydrogen-bond acceptors (Lipinski definition) is 4. The van der Waals surface area contributed by atoms with Crippen molar-refractivity contribution in [2.24, 2.45) is 7.05 Å². The van der Waals surface area contributed by atoms with Crippen molar-refractivity contribution >= 4 is 29.3 Å². The fourth-order valence-corrected chi connectivity index (χ4v) is 3.07. The molecule has 1 aliphatic heterocycles. The normalized spacial score (nSPS) is 15.3. The SMILES string of the molecule is Cc1nn(C)c(Cl)c1/C=C/C(=O)N1CCN(c2ccncc2)CC1. The van der Waals surface area contributed by atoms with Crippen LogP contribution in [0.4, 0.5) is 5.69 Å². The zero-order valence-corrected chi connectivity index (χ0v) is 14.6. The van der Waals surface area contributed by atoms with E-state index in [-0.39, 0.29) is 5.91 Å². The number of nitrogens with zero attached hydrogens (tertiary/aromatic N) is 5. The van der Waals surface area contributed by atoms with E-state index in [0.717, 1.165) is 30.0 Å². The Bertz CT molecular complexity index is 748. The van der Waals surface area contributed by atoms with E-state index in [1.807, 2.05) is 24.0 Å². The zero-order valence-electron chi connectivity index (χ0n) is 13.8. The maximum absolute atomic E-state index is 12.4. The predicted molar refractivity (Wildman–Crippen MR) is 95.0 cm³/mol. The number of pyridine rings is 1. The lowest BCUT2D eigenvalue weighted by molar-refractivity contribution is -0.126. The number of carbonyl (C=O) groups excluding carboxylic acids is 1. The topological polar surface area (TPSA) is 54.3 Å². The quantitative estimate of drug-likeness (QED) is 0.800. The second kappa shape index (κ2) is 7.05. The number of aryl methyl sites for hydroxylation is 2. The van der Waals surface area contributed by atoms with Crippen LogP contribution >= 0.6 is 11.6 Å². The maximum atomic E-state index is 12.4. The summed E-state index contributed by atoms with van der Waals surface area (Å²) < 4.78 is 1.61. The number of hydrogen-bond donors (Lipinski definition) is 0. The fourth-order valence-electron chi connectivity index (χ4n) is 2.84. The van der Waals surface area contributed by atoms with E-state index in [1.165, 1.54) is 0 Å². The molecule has 1 amide bonds. The minimum atomic E-state index is 0.00342. The summed E-state index contributed by atoms with van der Waals surface area (Å²) in [6.07, 6.45) is 6.91. The minimum Gasteiger partial charge on any atom is -0.368 e. The second-order valence-corrected chi connectivity index (χ2v) is 6.12. The lowest BCUT2D eigenvalue weighted by Crippen LogP contribution is -2.48. The number of piperazine rings is 1. The first kappa shape index (κ1) is 16.5. The molecule has 7 heteroatoms. The van der Waals surface area contributed by atoms with Gasteiger partial charge in [-0.15, -0.1) is 0 Å². The largest absolute Gasteiger partial charge is 0.368 e. The number of aromatic nitrogens is 3. The third-order valence-electron chi connectivity index (χ3n) is 4.21. The van der Waals surface area contributed by atoms with Crippen LogP contribution in [0.25, 0.3) is 6.08 Å². The highest BCUT2D eigenvalue weighted by Crippen LogP contribution is 2.20. The van der Waals surface area contributed by atoms with Crippen LogP contribution in [0.1, 0.15) is 11.3 Å². The van der Waals surface area contributed by atoms with Crippen LogP contribution in [0.3, 0.4) is 0 Å². The first-order valence-corrected chi connectivity index (χ1v) is 8.25. The Morgan fingerprint density at radius 1 is 1.21 bits per heavy atom. The van der Waals surface area contributed by atoms with Crippen molar-refractivity contribution in [3.05, 3.63) is 47.0 Å². The van der Waals surface area contributed by atoms with Crippen molar-refractivity contribution in [3.8, 4) is 0 Å². The monoisotopic (exact) mass is 345 g/mol. The molecular formula is C17H20ClN5O. The summed E-state index contributed by atoms with van der Waals surface area (Å²) in [4.78, 5) is 20.5. The van der Waals surface area contributed by atoms with Crippen LogP contribution in [0.5, 0.6) is 0 Å². The van der Waals surface area contributed by atoms with Gasteiger partial charge < -0.3 is 9.80 Å². The molecule has 0 unspecified atom stereocenters. The summed E-state index contributed by atoms with van der Waals surface area (Å²) >= 11 is 6.18. The van der Waals surface area contributed by atoms with Gasteiger partial charge in [-0.1, -0.05) is 11.6 Å². The Morgan fingerprint density at radius 3 is 2.46 bits per heavy atom. The molecule has 0 aromatic carbocycles. The van der Waals surface area contributed by atoms with Gasteiger partial charge in [0, 0.05) is 62.9 Å². The highest BCUT2D eigenvalue weighted by molar-refractivity contribution is 6.31. The average Bonchev–Trinajstić information content (AvgIpc) is 2.86. The summed E-state index contributed by atoms with van der Waals surface area (Å²) in [6.45, 7) is 4.91. The van der Waals surface area contributed by atoms with Crippen LogP contribution in [-0.4, -0.2) is 51.8 Å². The van der Waals surface area contributed by atoms with Gasteiger partial charge in [0.05, 0.1) is 5.69 Å². The highest BCUT2D eigenvalue weighted by atomic mass is 35.5. The number of rotatable bonds is 3. The van der Waals surface area contributed by atoms with Gasteiger partial charge in [-0.3, -0.25) is 14.5 Å². The molecule has 1 fully saturated rings. The van der Waals surface area contributed by atoms with E-state index in [2.05, 4.69) is 15.0 Å². The van der Waals surface area contributed by atoms with E-state index in [1.54, 1.807) is 36.3 Å². The predicted octanol–water partition coefficient (Wildman–Crippen LogP) is 2.14. The van der Waals surface area contributed by atoms with Crippen molar-refractivity contribution in [3.63, 3.8) is 0 Å². The molecule has 3 heterocycles. The lowest BCUT2D eigenvalue weighted by Gasteiger charge is -2.35. The van der Waals surface area contributed by atoms with Crippen LogP contribution in [0, 0.1) is 6.92 Å². The maximum Gasteiger partial charge on any atom is 0.246 e. The first-order valence-electron chi connectivity index (χ1n) is 7.87. The Balaban J connectivity index is 1.60. The van der Waals surface area contributed by atoms with Gasteiger partial charge in [0.25, 0.3) is 0 Å². The highest BCUT2D eigenvalue weighted by Gasteiger charge is 2.20. The molecule has 0 N–H and O–H groups in total. The molecule has 24 heavy (non-hydrogen) atoms. The molecule has 0 spiro atoms. The molecule has 0 radical (unpaired) electrons. The van der Waals surface area contributed by atoms with Crippen molar-refractivity contribution in [2.45, 2.75) is 6.92 Å². The summed E-state index contributed by atoms with van der Waals surface area (Å²) in [5, 5.41) is 4.78. The third kappa shape index (κ3) is 3.43. The molecule has 0 aliphatic carbocycles. The Morgan fingerprint density at radius 2 is 1.88 bits per heavy atom. The van der Waals surface area contributed by atoms with E-state index in [4.69, 9.17) is 11.6 Å². The van der Waals surface area contributed by atoms with Crippen molar-refractivity contribution < 1.29 is 4.79 Å². The van der Waals surface area contributed by atoms with Gasteiger partial charge in [0.2, 0.25) is 5.91 Å². The molecule has 0 saturated carbocycles. The summed E-state index contributed by atoms with van der Waals surface area (Å²) in [6, 6.07) is 3.98. The fraction of sp³-hybridized carbons (Fsp3) is 0.353. The smallest absolute Gasteiger partial charge is 0.246 e. The number of amides is 1. The number of carbonyl (C=O) groups is 1. The third-order valence-corrected chi connectivity index (χ3v) is 4.66. The zero-order chi connectivity index (χ0) is 17.1. The van der Waals surface area contributed by atoms with Gasteiger partial charge in [0.15, 0.2) is 0 Å². The Kier molecular flexibility index (Phi) is 4.85.